The van der Waals surface area contributed by atoms with Crippen molar-refractivity contribution in [3.63, 3.8) is 0 Å². The number of aromatic nitrogens is 2. The molecule has 1 aliphatic rings. The number of anilines is 2. The van der Waals surface area contributed by atoms with Crippen LogP contribution in [0.15, 0.2) is 30.6 Å². The molecule has 1 aliphatic carbocycles. The lowest BCUT2D eigenvalue weighted by Gasteiger charge is -2.10. The average Bonchev–Trinajstić information content (AvgIpc) is 3.13. The summed E-state index contributed by atoms with van der Waals surface area (Å²) in [6.45, 7) is 0. The van der Waals surface area contributed by atoms with Crippen molar-refractivity contribution < 1.29 is 9.13 Å². The largest absolute Gasteiger partial charge is 0.497 e. The van der Waals surface area contributed by atoms with Gasteiger partial charge in [-0.3, -0.25) is 0 Å². The van der Waals surface area contributed by atoms with Crippen LogP contribution < -0.4 is 10.1 Å². The van der Waals surface area contributed by atoms with E-state index in [4.69, 9.17) is 4.74 Å². The van der Waals surface area contributed by atoms with Gasteiger partial charge in [-0.25, -0.2) is 9.37 Å². The predicted molar refractivity (Wildman–Crippen MR) is 66.7 cm³/mol. The highest BCUT2D eigenvalue weighted by molar-refractivity contribution is 5.57. The van der Waals surface area contributed by atoms with Crippen molar-refractivity contribution >= 4 is 11.6 Å². The van der Waals surface area contributed by atoms with Crippen molar-refractivity contribution in [2.75, 3.05) is 12.4 Å². The summed E-state index contributed by atoms with van der Waals surface area (Å²) in [5.74, 6) is 0.967. The Morgan fingerprint density at radius 1 is 1.44 bits per heavy atom. The number of benzene rings is 1. The van der Waals surface area contributed by atoms with Crippen LogP contribution in [0.5, 0.6) is 5.75 Å². The van der Waals surface area contributed by atoms with E-state index in [1.165, 1.54) is 6.07 Å². The molecule has 1 aromatic heterocycles. The molecule has 1 aromatic carbocycles. The Bertz CT molecular complexity index is 563. The SMILES string of the molecule is COc1ccc(F)c(Nc2nccn2C2CC2)c1. The summed E-state index contributed by atoms with van der Waals surface area (Å²) in [5.41, 5.74) is 0.377. The maximum Gasteiger partial charge on any atom is 0.207 e. The zero-order valence-electron chi connectivity index (χ0n) is 10.1. The van der Waals surface area contributed by atoms with Gasteiger partial charge < -0.3 is 14.6 Å². The molecule has 0 aliphatic heterocycles. The lowest BCUT2D eigenvalue weighted by atomic mass is 10.3. The highest BCUT2D eigenvalue weighted by Gasteiger charge is 2.25. The molecule has 0 bridgehead atoms. The summed E-state index contributed by atoms with van der Waals surface area (Å²) >= 11 is 0. The van der Waals surface area contributed by atoms with E-state index in [9.17, 15) is 4.39 Å². The number of nitrogens with one attached hydrogen (secondary N) is 1. The van der Waals surface area contributed by atoms with Gasteiger partial charge in [-0.05, 0) is 25.0 Å². The Morgan fingerprint density at radius 2 is 2.28 bits per heavy atom. The quantitative estimate of drug-likeness (QED) is 0.902. The zero-order chi connectivity index (χ0) is 12.5. The van der Waals surface area contributed by atoms with Crippen LogP contribution in [0.2, 0.25) is 0 Å². The first-order valence-electron chi connectivity index (χ1n) is 5.91. The van der Waals surface area contributed by atoms with Gasteiger partial charge >= 0.3 is 0 Å². The van der Waals surface area contributed by atoms with Gasteiger partial charge in [0.1, 0.15) is 11.6 Å². The molecule has 1 saturated carbocycles. The van der Waals surface area contributed by atoms with Crippen LogP contribution >= 0.6 is 0 Å². The van der Waals surface area contributed by atoms with Crippen LogP contribution in [0, 0.1) is 5.82 Å². The first kappa shape index (κ1) is 11.1. The van der Waals surface area contributed by atoms with Crippen molar-refractivity contribution in [1.29, 1.82) is 0 Å². The van der Waals surface area contributed by atoms with Crippen molar-refractivity contribution in [3.8, 4) is 5.75 Å². The predicted octanol–water partition coefficient (Wildman–Crippen LogP) is 3.11. The molecule has 0 saturated heterocycles. The minimum Gasteiger partial charge on any atom is -0.497 e. The third kappa shape index (κ3) is 2.03. The molecule has 5 heteroatoms. The number of hydrogen-bond acceptors (Lipinski definition) is 3. The van der Waals surface area contributed by atoms with E-state index in [-0.39, 0.29) is 5.82 Å². The summed E-state index contributed by atoms with van der Waals surface area (Å²) in [6.07, 6.45) is 5.95. The zero-order valence-corrected chi connectivity index (χ0v) is 10.1. The third-order valence-corrected chi connectivity index (χ3v) is 3.03. The summed E-state index contributed by atoms with van der Waals surface area (Å²) in [6, 6.07) is 5.10. The Labute approximate surface area is 104 Å². The fourth-order valence-electron chi connectivity index (χ4n) is 1.90. The van der Waals surface area contributed by atoms with Crippen LogP contribution in [0.25, 0.3) is 0 Å². The molecule has 0 atom stereocenters. The first-order chi connectivity index (χ1) is 8.78. The molecule has 0 radical (unpaired) electrons. The second-order valence-corrected chi connectivity index (χ2v) is 4.36. The molecule has 0 spiro atoms. The Morgan fingerprint density at radius 3 is 3.00 bits per heavy atom. The second-order valence-electron chi connectivity index (χ2n) is 4.36. The fourth-order valence-corrected chi connectivity index (χ4v) is 1.90. The topological polar surface area (TPSA) is 39.1 Å². The molecule has 1 N–H and O–H groups in total. The van der Waals surface area contributed by atoms with E-state index in [1.54, 1.807) is 25.4 Å². The molecule has 1 fully saturated rings. The molecule has 94 valence electrons. The molecule has 2 aromatic rings. The van der Waals surface area contributed by atoms with E-state index in [0.29, 0.717) is 23.4 Å². The van der Waals surface area contributed by atoms with Crippen LogP contribution in [0.1, 0.15) is 18.9 Å². The number of rotatable bonds is 4. The number of imidazole rings is 1. The third-order valence-electron chi connectivity index (χ3n) is 3.03. The highest BCUT2D eigenvalue weighted by atomic mass is 19.1. The van der Waals surface area contributed by atoms with Gasteiger partial charge in [-0.2, -0.15) is 0 Å². The smallest absolute Gasteiger partial charge is 0.207 e. The van der Waals surface area contributed by atoms with Gasteiger partial charge in [-0.15, -0.1) is 0 Å². The van der Waals surface area contributed by atoms with Gasteiger partial charge in [0.05, 0.1) is 12.8 Å². The number of halogens is 1. The van der Waals surface area contributed by atoms with Crippen molar-refractivity contribution in [2.24, 2.45) is 0 Å². The molecule has 18 heavy (non-hydrogen) atoms. The van der Waals surface area contributed by atoms with Gasteiger partial charge in [0, 0.05) is 24.5 Å². The normalized spacial score (nSPS) is 14.6. The van der Waals surface area contributed by atoms with Crippen LogP contribution in [-0.4, -0.2) is 16.7 Å². The van der Waals surface area contributed by atoms with Crippen molar-refractivity contribution in [2.45, 2.75) is 18.9 Å². The first-order valence-corrected chi connectivity index (χ1v) is 5.91. The molecule has 0 amide bonds. The van der Waals surface area contributed by atoms with E-state index >= 15 is 0 Å². The number of methoxy groups -OCH3 is 1. The molecular weight excluding hydrogens is 233 g/mol. The van der Waals surface area contributed by atoms with Gasteiger partial charge in [0.15, 0.2) is 0 Å². The fraction of sp³-hybridized carbons (Fsp3) is 0.308. The molecule has 1 heterocycles. The van der Waals surface area contributed by atoms with Crippen molar-refractivity contribution in [1.82, 2.24) is 9.55 Å². The standard InChI is InChI=1S/C13H14FN3O/c1-18-10-4-5-11(14)12(8-10)16-13-15-6-7-17(13)9-2-3-9/h4-9H,2-3H2,1H3,(H,15,16). The lowest BCUT2D eigenvalue weighted by molar-refractivity contribution is 0.414. The summed E-state index contributed by atoms with van der Waals surface area (Å²) in [7, 11) is 1.56. The van der Waals surface area contributed by atoms with E-state index in [1.807, 2.05) is 10.8 Å². The summed E-state index contributed by atoms with van der Waals surface area (Å²) in [4.78, 5) is 4.21. The van der Waals surface area contributed by atoms with Crippen molar-refractivity contribution in [3.05, 3.63) is 36.4 Å². The van der Waals surface area contributed by atoms with E-state index in [2.05, 4.69) is 10.3 Å². The minimum atomic E-state index is -0.318. The molecule has 4 nitrogen and oxygen atoms in total. The molecular formula is C13H14FN3O. The minimum absolute atomic E-state index is 0.318. The number of hydrogen-bond donors (Lipinski definition) is 1. The Hall–Kier alpha value is -2.04. The molecule has 3 rings (SSSR count). The monoisotopic (exact) mass is 247 g/mol. The molecule has 0 unspecified atom stereocenters. The maximum absolute atomic E-state index is 13.7. The van der Waals surface area contributed by atoms with Crippen LogP contribution in [0.3, 0.4) is 0 Å². The Balaban J connectivity index is 1.89. The van der Waals surface area contributed by atoms with E-state index < -0.39 is 0 Å². The van der Waals surface area contributed by atoms with Crippen LogP contribution in [-0.2, 0) is 0 Å². The van der Waals surface area contributed by atoms with Gasteiger partial charge in [-0.1, -0.05) is 0 Å². The number of ether oxygens (including phenoxy) is 1. The van der Waals surface area contributed by atoms with Gasteiger partial charge in [0.25, 0.3) is 0 Å². The van der Waals surface area contributed by atoms with Crippen LogP contribution in [0.4, 0.5) is 16.0 Å². The lowest BCUT2D eigenvalue weighted by Crippen LogP contribution is -2.03. The highest BCUT2D eigenvalue weighted by Crippen LogP contribution is 2.37. The number of nitrogens with zero attached hydrogens (tertiary/aromatic N) is 2. The summed E-state index contributed by atoms with van der Waals surface area (Å²) < 4.78 is 20.8. The maximum atomic E-state index is 13.7. The van der Waals surface area contributed by atoms with E-state index in [0.717, 1.165) is 12.8 Å². The average molecular weight is 247 g/mol. The second kappa shape index (κ2) is 4.33. The summed E-state index contributed by atoms with van der Waals surface area (Å²) in [5, 5.41) is 3.01. The van der Waals surface area contributed by atoms with Gasteiger partial charge in [0.2, 0.25) is 5.95 Å². The Kier molecular flexibility index (Phi) is 2.66.